The maximum atomic E-state index is 11.8. The molecule has 0 radical (unpaired) electrons. The third kappa shape index (κ3) is 6.21. The van der Waals surface area contributed by atoms with Gasteiger partial charge in [-0.15, -0.1) is 10.2 Å². The van der Waals surface area contributed by atoms with Crippen molar-refractivity contribution >= 4 is 5.91 Å². The van der Waals surface area contributed by atoms with Crippen molar-refractivity contribution in [1.82, 2.24) is 15.5 Å². The summed E-state index contributed by atoms with van der Waals surface area (Å²) in [5, 5.41) is 11.0. The Morgan fingerprint density at radius 3 is 2.48 bits per heavy atom. The fourth-order valence-electron chi connectivity index (χ4n) is 2.56. The molecule has 150 valence electrons. The number of benzene rings is 2. The normalized spacial score (nSPS) is 10.3. The van der Waals surface area contributed by atoms with Crippen LogP contribution in [0.3, 0.4) is 0 Å². The molecular weight excluding hydrogens is 370 g/mol. The highest BCUT2D eigenvalue weighted by atomic mass is 16.5. The first-order chi connectivity index (χ1) is 14.1. The van der Waals surface area contributed by atoms with E-state index in [1.165, 1.54) is 0 Å². The van der Waals surface area contributed by atoms with E-state index in [2.05, 4.69) is 15.5 Å². The summed E-state index contributed by atoms with van der Waals surface area (Å²) in [5.74, 6) is 1.64. The fourth-order valence-corrected chi connectivity index (χ4v) is 2.56. The van der Waals surface area contributed by atoms with Crippen LogP contribution in [0.15, 0.2) is 60.7 Å². The predicted molar refractivity (Wildman–Crippen MR) is 109 cm³/mol. The van der Waals surface area contributed by atoms with Crippen LogP contribution in [0.2, 0.25) is 0 Å². The minimum absolute atomic E-state index is 0.0418. The Labute approximate surface area is 169 Å². The molecule has 3 aromatic rings. The van der Waals surface area contributed by atoms with Gasteiger partial charge in [-0.25, -0.2) is 0 Å². The van der Waals surface area contributed by atoms with Gasteiger partial charge in [0.25, 0.3) is 5.91 Å². The number of amides is 1. The highest BCUT2D eigenvalue weighted by molar-refractivity contribution is 5.77. The van der Waals surface area contributed by atoms with E-state index in [9.17, 15) is 4.79 Å². The van der Waals surface area contributed by atoms with Crippen LogP contribution in [0.5, 0.6) is 17.4 Å². The average Bonchev–Trinajstić information content (AvgIpc) is 2.76. The largest absolute Gasteiger partial charge is 0.497 e. The minimum Gasteiger partial charge on any atom is -0.497 e. The molecule has 0 aliphatic rings. The quantitative estimate of drug-likeness (QED) is 0.563. The van der Waals surface area contributed by atoms with Crippen LogP contribution in [0, 0.1) is 6.92 Å². The number of carbonyl (C=O) groups excluding carboxylic acids is 1. The summed E-state index contributed by atoms with van der Waals surface area (Å²) >= 11 is 0. The molecule has 7 heteroatoms. The predicted octanol–water partition coefficient (Wildman–Crippen LogP) is 3.03. The van der Waals surface area contributed by atoms with E-state index in [4.69, 9.17) is 14.2 Å². The van der Waals surface area contributed by atoms with Crippen molar-refractivity contribution < 1.29 is 19.0 Å². The first-order valence-corrected chi connectivity index (χ1v) is 9.21. The molecule has 1 amide bonds. The molecule has 7 nitrogen and oxygen atoms in total. The molecule has 1 aromatic heterocycles. The zero-order chi connectivity index (χ0) is 20.5. The molecule has 0 fully saturated rings. The lowest BCUT2D eigenvalue weighted by molar-refractivity contribution is -0.123. The summed E-state index contributed by atoms with van der Waals surface area (Å²) < 4.78 is 16.1. The van der Waals surface area contributed by atoms with Gasteiger partial charge in [0.15, 0.2) is 6.61 Å². The third-order valence-electron chi connectivity index (χ3n) is 4.06. The van der Waals surface area contributed by atoms with Gasteiger partial charge in [0.1, 0.15) is 18.1 Å². The summed E-state index contributed by atoms with van der Waals surface area (Å²) in [6.07, 6.45) is 0. The number of rotatable bonds is 9. The molecule has 0 atom stereocenters. The molecule has 1 heterocycles. The second kappa shape index (κ2) is 10.1. The van der Waals surface area contributed by atoms with Gasteiger partial charge in [-0.05, 0) is 55.0 Å². The molecule has 29 heavy (non-hydrogen) atoms. The number of aryl methyl sites for hydroxylation is 1. The van der Waals surface area contributed by atoms with Gasteiger partial charge in [-0.1, -0.05) is 12.1 Å². The molecule has 0 aliphatic carbocycles. The van der Waals surface area contributed by atoms with Crippen LogP contribution in [0.1, 0.15) is 5.56 Å². The number of aromatic nitrogens is 2. The summed E-state index contributed by atoms with van der Waals surface area (Å²) in [6, 6.07) is 18.7. The summed E-state index contributed by atoms with van der Waals surface area (Å²) in [5.41, 5.74) is 2.75. The van der Waals surface area contributed by atoms with E-state index in [0.29, 0.717) is 18.2 Å². The Balaban J connectivity index is 1.38. The van der Waals surface area contributed by atoms with Gasteiger partial charge < -0.3 is 19.5 Å². The molecule has 0 unspecified atom stereocenters. The van der Waals surface area contributed by atoms with Crippen molar-refractivity contribution in [3.63, 3.8) is 0 Å². The Kier molecular flexibility index (Phi) is 7.00. The Morgan fingerprint density at radius 1 is 0.966 bits per heavy atom. The summed E-state index contributed by atoms with van der Waals surface area (Å²) in [4.78, 5) is 11.8. The van der Waals surface area contributed by atoms with Crippen molar-refractivity contribution in [2.75, 3.05) is 26.9 Å². The second-order valence-electron chi connectivity index (χ2n) is 6.29. The van der Waals surface area contributed by atoms with Gasteiger partial charge in [-0.3, -0.25) is 4.79 Å². The lowest BCUT2D eigenvalue weighted by Crippen LogP contribution is -2.32. The lowest BCUT2D eigenvalue weighted by atomic mass is 10.1. The maximum Gasteiger partial charge on any atom is 0.258 e. The van der Waals surface area contributed by atoms with E-state index in [1.54, 1.807) is 13.2 Å². The monoisotopic (exact) mass is 393 g/mol. The zero-order valence-electron chi connectivity index (χ0n) is 16.4. The van der Waals surface area contributed by atoms with Crippen molar-refractivity contribution in [3.05, 3.63) is 66.2 Å². The topological polar surface area (TPSA) is 82.6 Å². The average molecular weight is 393 g/mol. The number of nitrogens with zero attached hydrogens (tertiary/aromatic N) is 2. The van der Waals surface area contributed by atoms with E-state index in [1.807, 2.05) is 61.5 Å². The third-order valence-corrected chi connectivity index (χ3v) is 4.06. The molecule has 0 bridgehead atoms. The Bertz CT molecular complexity index is 928. The van der Waals surface area contributed by atoms with Gasteiger partial charge >= 0.3 is 0 Å². The van der Waals surface area contributed by atoms with Crippen molar-refractivity contribution in [2.45, 2.75) is 6.92 Å². The number of hydrogen-bond acceptors (Lipinski definition) is 6. The van der Waals surface area contributed by atoms with E-state index < -0.39 is 0 Å². The molecule has 0 saturated heterocycles. The minimum atomic E-state index is -0.212. The van der Waals surface area contributed by atoms with Gasteiger partial charge in [0.05, 0.1) is 19.3 Å². The number of nitrogens with one attached hydrogen (secondary N) is 1. The van der Waals surface area contributed by atoms with Crippen LogP contribution in [0.25, 0.3) is 11.3 Å². The number of methoxy groups -OCH3 is 1. The summed E-state index contributed by atoms with van der Waals surface area (Å²) in [6.45, 7) is 2.56. The molecular formula is C22H23N3O4. The fraction of sp³-hybridized carbons (Fsp3) is 0.227. The number of hydrogen-bond donors (Lipinski definition) is 1. The van der Waals surface area contributed by atoms with E-state index in [0.717, 1.165) is 22.6 Å². The first kappa shape index (κ1) is 20.1. The van der Waals surface area contributed by atoms with Crippen LogP contribution >= 0.6 is 0 Å². The smallest absolute Gasteiger partial charge is 0.258 e. The highest BCUT2D eigenvalue weighted by Crippen LogP contribution is 2.21. The molecule has 0 spiro atoms. The molecule has 3 rings (SSSR count). The zero-order valence-corrected chi connectivity index (χ0v) is 16.4. The van der Waals surface area contributed by atoms with Crippen LogP contribution < -0.4 is 19.5 Å². The SMILES string of the molecule is COc1ccc(-c2ccc(OCCNC(=O)COc3cccc(C)c3)nn2)cc1. The van der Waals surface area contributed by atoms with E-state index >= 15 is 0 Å². The van der Waals surface area contributed by atoms with Gasteiger partial charge in [-0.2, -0.15) is 0 Å². The maximum absolute atomic E-state index is 11.8. The van der Waals surface area contributed by atoms with Crippen LogP contribution in [-0.2, 0) is 4.79 Å². The molecule has 0 saturated carbocycles. The number of carbonyl (C=O) groups is 1. The standard InChI is InChI=1S/C22H23N3O4/c1-16-4-3-5-19(14-16)29-15-21(26)23-12-13-28-22-11-10-20(24-25-22)17-6-8-18(27-2)9-7-17/h3-11,14H,12-13,15H2,1-2H3,(H,23,26). The van der Waals surface area contributed by atoms with Crippen molar-refractivity contribution in [1.29, 1.82) is 0 Å². The molecule has 1 N–H and O–H groups in total. The molecule has 0 aliphatic heterocycles. The summed E-state index contributed by atoms with van der Waals surface area (Å²) in [7, 11) is 1.63. The first-order valence-electron chi connectivity index (χ1n) is 9.21. The van der Waals surface area contributed by atoms with E-state index in [-0.39, 0.29) is 19.1 Å². The van der Waals surface area contributed by atoms with Crippen LogP contribution in [-0.4, -0.2) is 43.0 Å². The number of ether oxygens (including phenoxy) is 3. The van der Waals surface area contributed by atoms with Crippen LogP contribution in [0.4, 0.5) is 0 Å². The Hall–Kier alpha value is -3.61. The lowest BCUT2D eigenvalue weighted by Gasteiger charge is -2.09. The van der Waals surface area contributed by atoms with Crippen molar-refractivity contribution in [2.24, 2.45) is 0 Å². The Morgan fingerprint density at radius 2 is 1.79 bits per heavy atom. The highest BCUT2D eigenvalue weighted by Gasteiger charge is 2.05. The van der Waals surface area contributed by atoms with Crippen molar-refractivity contribution in [3.8, 4) is 28.6 Å². The second-order valence-corrected chi connectivity index (χ2v) is 6.29. The van der Waals surface area contributed by atoms with Gasteiger partial charge in [0.2, 0.25) is 5.88 Å². The van der Waals surface area contributed by atoms with Gasteiger partial charge in [0, 0.05) is 11.6 Å². The molecule has 2 aromatic carbocycles.